The molecule has 3 rings (SSSR count). The van der Waals surface area contributed by atoms with E-state index >= 15 is 0 Å². The average molecular weight is 338 g/mol. The fraction of sp³-hybridized carbons (Fsp3) is 0.200. The van der Waals surface area contributed by atoms with E-state index in [4.69, 9.17) is 4.74 Å². The molecule has 2 aromatic carbocycles. The Labute approximate surface area is 146 Å². The van der Waals surface area contributed by atoms with Gasteiger partial charge in [0.1, 0.15) is 5.75 Å². The molecule has 4 heteroatoms. The second-order valence-corrected chi connectivity index (χ2v) is 6.78. The summed E-state index contributed by atoms with van der Waals surface area (Å²) in [6.45, 7) is 4.04. The van der Waals surface area contributed by atoms with Crippen LogP contribution in [0, 0.1) is 13.8 Å². The van der Waals surface area contributed by atoms with Crippen LogP contribution in [-0.2, 0) is 0 Å². The van der Waals surface area contributed by atoms with Gasteiger partial charge in [-0.25, -0.2) is 0 Å². The summed E-state index contributed by atoms with van der Waals surface area (Å²) in [5, 5.41) is 2.21. The van der Waals surface area contributed by atoms with Crippen molar-refractivity contribution in [2.45, 2.75) is 18.9 Å². The Morgan fingerprint density at radius 1 is 1.08 bits per heavy atom. The van der Waals surface area contributed by atoms with Crippen LogP contribution in [0.4, 0.5) is 0 Å². The number of aromatic nitrogens is 1. The predicted octanol–water partition coefficient (Wildman–Crippen LogP) is 4.25. The molecule has 0 bridgehead atoms. The minimum atomic E-state index is 0.116. The number of hydrogen-bond donors (Lipinski definition) is 0. The Hall–Kier alpha value is -2.33. The van der Waals surface area contributed by atoms with E-state index in [9.17, 15) is 4.79 Å². The number of rotatable bonds is 5. The summed E-state index contributed by atoms with van der Waals surface area (Å²) in [6.07, 6.45) is 0. The van der Waals surface area contributed by atoms with Gasteiger partial charge in [0.25, 0.3) is 0 Å². The van der Waals surface area contributed by atoms with Gasteiger partial charge in [-0.15, -0.1) is 0 Å². The lowest BCUT2D eigenvalue weighted by Gasteiger charge is -2.06. The average Bonchev–Trinajstić information content (AvgIpc) is 2.59. The van der Waals surface area contributed by atoms with Gasteiger partial charge >= 0.3 is 0 Å². The van der Waals surface area contributed by atoms with Crippen molar-refractivity contribution in [3.8, 4) is 5.75 Å². The third-order valence-corrected chi connectivity index (χ3v) is 4.97. The second kappa shape index (κ2) is 7.05. The van der Waals surface area contributed by atoms with E-state index in [0.717, 1.165) is 27.4 Å². The number of Topliss-reactive ketones (excluding diaryl/α,β-unsaturated/α-hetero) is 1. The maximum Gasteiger partial charge on any atom is 0.239 e. The van der Waals surface area contributed by atoms with Gasteiger partial charge in [0.05, 0.1) is 12.9 Å². The zero-order valence-electron chi connectivity index (χ0n) is 14.1. The summed E-state index contributed by atoms with van der Waals surface area (Å²) >= 11 is 1.53. The lowest BCUT2D eigenvalue weighted by Crippen LogP contribution is -2.11. The lowest BCUT2D eigenvalue weighted by molar-refractivity contribution is -0.395. The van der Waals surface area contributed by atoms with Crippen molar-refractivity contribution in [2.24, 2.45) is 0 Å². The number of thioether (sulfide) groups is 1. The fourth-order valence-corrected chi connectivity index (χ4v) is 3.63. The molecule has 0 unspecified atom stereocenters. The van der Waals surface area contributed by atoms with Crippen LogP contribution >= 0.6 is 11.8 Å². The molecule has 0 saturated carbocycles. The summed E-state index contributed by atoms with van der Waals surface area (Å²) in [4.78, 5) is 15.8. The summed E-state index contributed by atoms with van der Waals surface area (Å²) in [5.41, 5.74) is 3.99. The zero-order chi connectivity index (χ0) is 17.1. The Morgan fingerprint density at radius 2 is 1.88 bits per heavy atom. The molecule has 1 N–H and O–H groups in total. The Bertz CT molecular complexity index is 905. The summed E-state index contributed by atoms with van der Waals surface area (Å²) in [5.74, 6) is 1.32. The third-order valence-electron chi connectivity index (χ3n) is 4.03. The Morgan fingerprint density at radius 3 is 2.62 bits per heavy atom. The number of fused-ring (bicyclic) bond motifs is 1. The van der Waals surface area contributed by atoms with Crippen LogP contribution in [0.2, 0.25) is 0 Å². The van der Waals surface area contributed by atoms with Crippen molar-refractivity contribution in [2.75, 3.05) is 12.9 Å². The summed E-state index contributed by atoms with van der Waals surface area (Å²) < 4.78 is 5.24. The molecule has 1 aromatic heterocycles. The molecule has 122 valence electrons. The van der Waals surface area contributed by atoms with Crippen molar-refractivity contribution in [1.82, 2.24) is 0 Å². The molecule has 0 aliphatic carbocycles. The van der Waals surface area contributed by atoms with Gasteiger partial charge in [0.2, 0.25) is 10.5 Å². The number of pyridine rings is 1. The first-order valence-corrected chi connectivity index (χ1v) is 8.79. The fourth-order valence-electron chi connectivity index (χ4n) is 2.74. The number of ether oxygens (including phenoxy) is 1. The molecule has 3 nitrogen and oxygen atoms in total. The quantitative estimate of drug-likeness (QED) is 0.516. The van der Waals surface area contributed by atoms with E-state index in [2.05, 4.69) is 30.1 Å². The number of aryl methyl sites for hydroxylation is 2. The smallest absolute Gasteiger partial charge is 0.239 e. The van der Waals surface area contributed by atoms with Gasteiger partial charge in [-0.1, -0.05) is 12.1 Å². The Kier molecular flexibility index (Phi) is 4.86. The number of hydrogen-bond acceptors (Lipinski definition) is 3. The van der Waals surface area contributed by atoms with Crippen LogP contribution in [-0.4, -0.2) is 18.6 Å². The number of carbonyl (C=O) groups excluding carboxylic acids is 1. The molecule has 0 saturated heterocycles. The van der Waals surface area contributed by atoms with Gasteiger partial charge in [0.15, 0.2) is 5.78 Å². The molecule has 0 radical (unpaired) electrons. The van der Waals surface area contributed by atoms with Crippen molar-refractivity contribution >= 4 is 28.4 Å². The van der Waals surface area contributed by atoms with Crippen molar-refractivity contribution in [3.63, 3.8) is 0 Å². The van der Waals surface area contributed by atoms with Crippen molar-refractivity contribution in [1.29, 1.82) is 0 Å². The van der Waals surface area contributed by atoms with Gasteiger partial charge in [-0.3, -0.25) is 4.79 Å². The Balaban J connectivity index is 1.75. The molecule has 0 atom stereocenters. The van der Waals surface area contributed by atoms with Crippen molar-refractivity contribution in [3.05, 3.63) is 65.2 Å². The highest BCUT2D eigenvalue weighted by molar-refractivity contribution is 7.99. The maximum absolute atomic E-state index is 12.4. The number of nitrogens with one attached hydrogen (secondary N) is 1. The highest BCUT2D eigenvalue weighted by Crippen LogP contribution is 2.23. The second-order valence-electron chi connectivity index (χ2n) is 5.76. The molecule has 24 heavy (non-hydrogen) atoms. The highest BCUT2D eigenvalue weighted by Gasteiger charge is 2.13. The van der Waals surface area contributed by atoms with Crippen LogP contribution in [0.15, 0.2) is 53.6 Å². The molecule has 0 aliphatic heterocycles. The van der Waals surface area contributed by atoms with Crippen LogP contribution in [0.5, 0.6) is 5.75 Å². The summed E-state index contributed by atoms with van der Waals surface area (Å²) in [6, 6.07) is 15.9. The molecule has 1 heterocycles. The zero-order valence-corrected chi connectivity index (χ0v) is 14.9. The van der Waals surface area contributed by atoms with Gasteiger partial charge in [-0.05, 0) is 61.0 Å². The van der Waals surface area contributed by atoms with Crippen LogP contribution in [0.25, 0.3) is 10.9 Å². The third kappa shape index (κ3) is 3.44. The van der Waals surface area contributed by atoms with E-state index in [0.29, 0.717) is 5.75 Å². The minimum absolute atomic E-state index is 0.116. The standard InChI is InChI=1S/C20H19NO2S/c1-13-11-20(21-17-7-5-4-6-16(13)17)24-12-18(22)15-8-9-19(23-3)14(2)10-15/h4-11H,12H2,1-3H3/p+1. The molecule has 3 aromatic rings. The number of methoxy groups -OCH3 is 1. The highest BCUT2D eigenvalue weighted by atomic mass is 32.2. The topological polar surface area (TPSA) is 40.4 Å². The number of H-pyrrole nitrogens is 1. The normalized spacial score (nSPS) is 10.8. The lowest BCUT2D eigenvalue weighted by atomic mass is 10.1. The first-order chi connectivity index (χ1) is 11.6. The SMILES string of the molecule is COc1ccc(C(=O)CSc2cc(C)c3ccccc3[nH+]2)cc1C. The molecule has 0 fully saturated rings. The van der Waals surface area contributed by atoms with Gasteiger partial charge in [0, 0.05) is 23.1 Å². The van der Waals surface area contributed by atoms with Crippen LogP contribution in [0.1, 0.15) is 21.5 Å². The molecular weight excluding hydrogens is 318 g/mol. The van der Waals surface area contributed by atoms with Gasteiger partial charge < -0.3 is 4.74 Å². The molecule has 0 aliphatic rings. The molecular formula is C20H20NO2S+. The number of carbonyl (C=O) groups is 1. The molecule has 0 spiro atoms. The molecule has 0 amide bonds. The number of ketones is 1. The van der Waals surface area contributed by atoms with Gasteiger partial charge in [-0.2, -0.15) is 4.98 Å². The predicted molar refractivity (Wildman–Crippen MR) is 98.0 cm³/mol. The number of aromatic amines is 1. The van der Waals surface area contributed by atoms with E-state index in [-0.39, 0.29) is 5.78 Å². The monoisotopic (exact) mass is 338 g/mol. The largest absolute Gasteiger partial charge is 0.496 e. The van der Waals surface area contributed by atoms with Crippen LogP contribution < -0.4 is 9.72 Å². The van der Waals surface area contributed by atoms with Crippen LogP contribution in [0.3, 0.4) is 0 Å². The van der Waals surface area contributed by atoms with E-state index in [1.54, 1.807) is 7.11 Å². The van der Waals surface area contributed by atoms with E-state index in [1.807, 2.05) is 37.3 Å². The number of para-hydroxylation sites is 1. The maximum atomic E-state index is 12.4. The number of benzene rings is 2. The minimum Gasteiger partial charge on any atom is -0.496 e. The van der Waals surface area contributed by atoms with E-state index < -0.39 is 0 Å². The van der Waals surface area contributed by atoms with Crippen molar-refractivity contribution < 1.29 is 14.5 Å². The van der Waals surface area contributed by atoms with E-state index in [1.165, 1.54) is 22.7 Å². The first kappa shape index (κ1) is 16.5. The first-order valence-electron chi connectivity index (χ1n) is 7.81. The summed E-state index contributed by atoms with van der Waals surface area (Å²) in [7, 11) is 1.64.